The average Bonchev–Trinajstić information content (AvgIpc) is 3.33. The van der Waals surface area contributed by atoms with Gasteiger partial charge in [0.25, 0.3) is 0 Å². The molecule has 1 aliphatic rings. The number of piperidine rings is 1. The Morgan fingerprint density at radius 2 is 1.88 bits per heavy atom. The molecular weight excluding hydrogens is 433 g/mol. The maximum Gasteiger partial charge on any atom is 0.416 e. The summed E-state index contributed by atoms with van der Waals surface area (Å²) in [6, 6.07) is 15.5. The molecule has 2 heterocycles. The van der Waals surface area contributed by atoms with E-state index < -0.39 is 11.7 Å². The summed E-state index contributed by atoms with van der Waals surface area (Å²) < 4.78 is 38.1. The van der Waals surface area contributed by atoms with Crippen LogP contribution in [0.25, 0.3) is 11.1 Å². The molecule has 3 nitrogen and oxygen atoms in total. The third-order valence-electron chi connectivity index (χ3n) is 5.81. The molecule has 1 unspecified atom stereocenters. The molecule has 0 saturated carbocycles. The number of hydrogen-bond donors (Lipinski definition) is 1. The van der Waals surface area contributed by atoms with Gasteiger partial charge in [0.05, 0.1) is 11.5 Å². The Kier molecular flexibility index (Phi) is 6.96. The summed E-state index contributed by atoms with van der Waals surface area (Å²) in [6.07, 6.45) is -2.58. The van der Waals surface area contributed by atoms with E-state index in [4.69, 9.17) is 0 Å². The van der Waals surface area contributed by atoms with Crippen molar-refractivity contribution in [1.29, 1.82) is 0 Å². The van der Waals surface area contributed by atoms with E-state index in [0.717, 1.165) is 38.1 Å². The van der Waals surface area contributed by atoms with E-state index in [1.165, 1.54) is 28.8 Å². The van der Waals surface area contributed by atoms with E-state index in [9.17, 15) is 18.0 Å². The molecule has 1 amide bonds. The second-order valence-corrected chi connectivity index (χ2v) is 8.98. The van der Waals surface area contributed by atoms with Gasteiger partial charge < -0.3 is 5.32 Å². The van der Waals surface area contributed by atoms with Crippen LogP contribution in [0, 0.1) is 5.92 Å². The molecule has 1 fully saturated rings. The predicted octanol–water partition coefficient (Wildman–Crippen LogP) is 5.96. The number of halogens is 3. The first kappa shape index (κ1) is 22.6. The highest BCUT2D eigenvalue weighted by atomic mass is 32.1. The maximum atomic E-state index is 12.7. The average molecular weight is 459 g/mol. The number of nitrogens with one attached hydrogen (secondary N) is 1. The fourth-order valence-corrected chi connectivity index (χ4v) is 4.76. The van der Waals surface area contributed by atoms with Crippen LogP contribution in [0.15, 0.2) is 65.4 Å². The molecule has 0 bridgehead atoms. The van der Waals surface area contributed by atoms with Crippen LogP contribution in [0.3, 0.4) is 0 Å². The van der Waals surface area contributed by atoms with E-state index in [1.54, 1.807) is 11.3 Å². The molecule has 1 aromatic heterocycles. The monoisotopic (exact) mass is 458 g/mol. The highest BCUT2D eigenvalue weighted by Gasteiger charge is 2.30. The molecule has 3 aromatic rings. The van der Waals surface area contributed by atoms with Gasteiger partial charge in [0.2, 0.25) is 5.91 Å². The van der Waals surface area contributed by atoms with Crippen LogP contribution in [0.2, 0.25) is 0 Å². The van der Waals surface area contributed by atoms with Gasteiger partial charge in [-0.15, -0.1) is 0 Å². The summed E-state index contributed by atoms with van der Waals surface area (Å²) >= 11 is 1.68. The largest absolute Gasteiger partial charge is 0.416 e. The van der Waals surface area contributed by atoms with Crippen LogP contribution < -0.4 is 5.32 Å². The van der Waals surface area contributed by atoms with Crippen LogP contribution >= 0.6 is 11.3 Å². The van der Waals surface area contributed by atoms with Gasteiger partial charge in [0, 0.05) is 19.6 Å². The van der Waals surface area contributed by atoms with Crippen LogP contribution in [0.5, 0.6) is 0 Å². The number of rotatable bonds is 6. The molecular formula is C25H25F3N2OS. The number of alkyl halides is 3. The molecule has 0 aliphatic carbocycles. The Labute approximate surface area is 189 Å². The Balaban J connectivity index is 1.31. The van der Waals surface area contributed by atoms with Crippen molar-refractivity contribution in [3.05, 3.63) is 82.0 Å². The third kappa shape index (κ3) is 5.78. The van der Waals surface area contributed by atoms with Gasteiger partial charge in [-0.1, -0.05) is 30.3 Å². The second-order valence-electron chi connectivity index (χ2n) is 8.20. The van der Waals surface area contributed by atoms with Crippen LogP contribution in [0.1, 0.15) is 29.5 Å². The molecule has 0 spiro atoms. The van der Waals surface area contributed by atoms with Crippen molar-refractivity contribution in [3.63, 3.8) is 0 Å². The minimum atomic E-state index is -4.35. The molecule has 32 heavy (non-hydrogen) atoms. The minimum Gasteiger partial charge on any atom is -0.352 e. The minimum absolute atomic E-state index is 0.0402. The van der Waals surface area contributed by atoms with Gasteiger partial charge in [-0.3, -0.25) is 9.69 Å². The molecule has 168 valence electrons. The fraction of sp³-hybridized carbons (Fsp3) is 0.320. The lowest BCUT2D eigenvalue weighted by Crippen LogP contribution is -2.42. The standard InChI is InChI=1S/C25H25F3N2OS/c26-25(27,28)23-8-6-18(7-9-23)14-29-24(31)21-5-2-11-30(16-21)15-19-3-1-4-20(13-19)22-10-12-32-17-22/h1,3-4,6-10,12-13,17,21H,2,5,11,14-16H2,(H,29,31). The summed E-state index contributed by atoms with van der Waals surface area (Å²) in [7, 11) is 0. The van der Waals surface area contributed by atoms with Gasteiger partial charge in [-0.2, -0.15) is 24.5 Å². The number of carbonyl (C=O) groups is 1. The van der Waals surface area contributed by atoms with E-state index in [2.05, 4.69) is 51.3 Å². The van der Waals surface area contributed by atoms with Gasteiger partial charge in [-0.25, -0.2) is 0 Å². The Hall–Kier alpha value is -2.64. The van der Waals surface area contributed by atoms with Gasteiger partial charge >= 0.3 is 6.18 Å². The van der Waals surface area contributed by atoms with Crippen LogP contribution in [-0.2, 0) is 24.1 Å². The van der Waals surface area contributed by atoms with Crippen LogP contribution in [0.4, 0.5) is 13.2 Å². The first-order valence-corrected chi connectivity index (χ1v) is 11.6. The van der Waals surface area contributed by atoms with E-state index in [0.29, 0.717) is 12.1 Å². The normalized spacial score (nSPS) is 17.3. The lowest BCUT2D eigenvalue weighted by Gasteiger charge is -2.32. The van der Waals surface area contributed by atoms with Crippen molar-refractivity contribution < 1.29 is 18.0 Å². The highest BCUT2D eigenvalue weighted by molar-refractivity contribution is 7.08. The van der Waals surface area contributed by atoms with Gasteiger partial charge in [-0.05, 0) is 76.7 Å². The van der Waals surface area contributed by atoms with E-state index in [1.807, 2.05) is 0 Å². The molecule has 4 rings (SSSR count). The second kappa shape index (κ2) is 9.88. The topological polar surface area (TPSA) is 32.3 Å². The number of benzene rings is 2. The van der Waals surface area contributed by atoms with Gasteiger partial charge in [0.1, 0.15) is 0 Å². The molecule has 1 aliphatic heterocycles. The summed E-state index contributed by atoms with van der Waals surface area (Å²) in [4.78, 5) is 15.0. The number of thiophene rings is 1. The zero-order valence-corrected chi connectivity index (χ0v) is 18.4. The maximum absolute atomic E-state index is 12.7. The lowest BCUT2D eigenvalue weighted by molar-refractivity contribution is -0.137. The number of carbonyl (C=O) groups excluding carboxylic acids is 1. The first-order valence-electron chi connectivity index (χ1n) is 10.7. The van der Waals surface area contributed by atoms with Crippen molar-refractivity contribution in [2.75, 3.05) is 13.1 Å². The number of nitrogens with zero attached hydrogens (tertiary/aromatic N) is 1. The Bertz CT molecular complexity index is 1030. The SMILES string of the molecule is O=C(NCc1ccc(C(F)(F)F)cc1)C1CCCN(Cc2cccc(-c3ccsc3)c2)C1. The quantitative estimate of drug-likeness (QED) is 0.494. The van der Waals surface area contributed by atoms with E-state index in [-0.39, 0.29) is 18.4 Å². The van der Waals surface area contributed by atoms with Crippen molar-refractivity contribution in [2.45, 2.75) is 32.1 Å². The van der Waals surface area contributed by atoms with Crippen molar-refractivity contribution in [2.24, 2.45) is 5.92 Å². The zero-order valence-electron chi connectivity index (χ0n) is 17.6. The van der Waals surface area contributed by atoms with E-state index >= 15 is 0 Å². The molecule has 1 N–H and O–H groups in total. The molecule has 7 heteroatoms. The molecule has 2 aromatic carbocycles. The molecule has 0 radical (unpaired) electrons. The third-order valence-corrected chi connectivity index (χ3v) is 6.50. The van der Waals surface area contributed by atoms with Crippen molar-refractivity contribution >= 4 is 17.2 Å². The van der Waals surface area contributed by atoms with Crippen molar-refractivity contribution in [1.82, 2.24) is 10.2 Å². The van der Waals surface area contributed by atoms with Gasteiger partial charge in [0.15, 0.2) is 0 Å². The summed E-state index contributed by atoms with van der Waals surface area (Å²) in [5.74, 6) is -0.153. The summed E-state index contributed by atoms with van der Waals surface area (Å²) in [5.41, 5.74) is 3.62. The zero-order chi connectivity index (χ0) is 22.6. The summed E-state index contributed by atoms with van der Waals surface area (Å²) in [5, 5.41) is 7.10. The summed E-state index contributed by atoms with van der Waals surface area (Å²) in [6.45, 7) is 2.66. The number of likely N-dealkylation sites (tertiary alicyclic amines) is 1. The lowest BCUT2D eigenvalue weighted by atomic mass is 9.96. The Morgan fingerprint density at radius 1 is 1.06 bits per heavy atom. The van der Waals surface area contributed by atoms with Crippen molar-refractivity contribution in [3.8, 4) is 11.1 Å². The predicted molar refractivity (Wildman–Crippen MR) is 121 cm³/mol. The highest BCUT2D eigenvalue weighted by Crippen LogP contribution is 2.29. The molecule has 1 atom stereocenters. The number of hydrogen-bond acceptors (Lipinski definition) is 3. The Morgan fingerprint density at radius 3 is 2.59 bits per heavy atom. The number of amides is 1. The fourth-order valence-electron chi connectivity index (χ4n) is 4.09. The van der Waals surface area contributed by atoms with Crippen LogP contribution in [-0.4, -0.2) is 23.9 Å². The molecule has 1 saturated heterocycles. The first-order chi connectivity index (χ1) is 15.4. The smallest absolute Gasteiger partial charge is 0.352 e.